The van der Waals surface area contributed by atoms with Crippen LogP contribution in [0.25, 0.3) is 6.08 Å². The van der Waals surface area contributed by atoms with Gasteiger partial charge in [0.25, 0.3) is 11.8 Å². The second-order valence-electron chi connectivity index (χ2n) is 5.40. The van der Waals surface area contributed by atoms with Crippen molar-refractivity contribution >= 4 is 51.5 Å². The summed E-state index contributed by atoms with van der Waals surface area (Å²) in [6.07, 6.45) is 1.39. The number of hydrogen-bond acceptors (Lipinski definition) is 4. The van der Waals surface area contributed by atoms with Crippen molar-refractivity contribution in [2.75, 3.05) is 0 Å². The average molecular weight is 436 g/mol. The van der Waals surface area contributed by atoms with Gasteiger partial charge in [0.1, 0.15) is 17.9 Å². The molecule has 6 nitrogen and oxygen atoms in total. The van der Waals surface area contributed by atoms with Gasteiger partial charge in [0.15, 0.2) is 0 Å². The van der Waals surface area contributed by atoms with E-state index in [-0.39, 0.29) is 5.57 Å². The maximum absolute atomic E-state index is 11.7. The minimum Gasteiger partial charge on any atom is -0.488 e. The molecule has 0 radical (unpaired) electrons. The van der Waals surface area contributed by atoms with Gasteiger partial charge in [-0.1, -0.05) is 29.8 Å². The molecule has 1 saturated heterocycles. The minimum atomic E-state index is -0.830. The summed E-state index contributed by atoms with van der Waals surface area (Å²) in [6, 6.07) is 11.6. The third-order valence-corrected chi connectivity index (χ3v) is 4.35. The number of halogens is 2. The predicted octanol–water partition coefficient (Wildman–Crippen LogP) is 3.43. The van der Waals surface area contributed by atoms with E-state index >= 15 is 0 Å². The second-order valence-corrected chi connectivity index (χ2v) is 6.69. The number of nitrogens with one attached hydrogen (secondary N) is 2. The summed E-state index contributed by atoms with van der Waals surface area (Å²) in [4.78, 5) is 34.6. The van der Waals surface area contributed by atoms with Crippen LogP contribution in [0.5, 0.6) is 5.75 Å². The standard InChI is InChI=1S/C18H12BrClN2O4/c19-14-8-10(7-13-16(23)21-18(25)22-17(13)24)4-5-15(14)26-9-11-2-1-3-12(20)6-11/h1-8H,9H2,(H2,21,22,23,24,25). The van der Waals surface area contributed by atoms with E-state index < -0.39 is 17.8 Å². The molecule has 0 atom stereocenters. The van der Waals surface area contributed by atoms with Gasteiger partial charge < -0.3 is 4.74 Å². The summed E-state index contributed by atoms with van der Waals surface area (Å²) in [5, 5.41) is 4.68. The number of ether oxygens (including phenoxy) is 1. The van der Waals surface area contributed by atoms with Crippen LogP contribution in [-0.4, -0.2) is 17.8 Å². The van der Waals surface area contributed by atoms with E-state index in [1.165, 1.54) is 6.08 Å². The quantitative estimate of drug-likeness (QED) is 0.569. The number of hydrogen-bond donors (Lipinski definition) is 2. The highest BCUT2D eigenvalue weighted by atomic mass is 79.9. The Bertz CT molecular complexity index is 921. The molecule has 1 aliphatic heterocycles. The highest BCUT2D eigenvalue weighted by molar-refractivity contribution is 9.10. The van der Waals surface area contributed by atoms with Crippen LogP contribution in [-0.2, 0) is 16.2 Å². The van der Waals surface area contributed by atoms with Crippen LogP contribution in [0, 0.1) is 0 Å². The molecule has 132 valence electrons. The molecule has 2 N–H and O–H groups in total. The highest BCUT2D eigenvalue weighted by Gasteiger charge is 2.27. The number of amides is 4. The highest BCUT2D eigenvalue weighted by Crippen LogP contribution is 2.28. The summed E-state index contributed by atoms with van der Waals surface area (Å²) in [6.45, 7) is 0.340. The molecule has 2 aromatic carbocycles. The fourth-order valence-electron chi connectivity index (χ4n) is 2.28. The summed E-state index contributed by atoms with van der Waals surface area (Å²) < 4.78 is 6.40. The number of carbonyl (C=O) groups excluding carboxylic acids is 3. The lowest BCUT2D eigenvalue weighted by Gasteiger charge is -2.14. The van der Waals surface area contributed by atoms with Gasteiger partial charge in [0.2, 0.25) is 0 Å². The van der Waals surface area contributed by atoms with Crippen LogP contribution in [0.2, 0.25) is 5.02 Å². The molecule has 1 aliphatic rings. The molecule has 0 aliphatic carbocycles. The zero-order valence-electron chi connectivity index (χ0n) is 13.2. The molecular formula is C18H12BrClN2O4. The molecule has 0 unspecified atom stereocenters. The number of urea groups is 1. The van der Waals surface area contributed by atoms with Crippen LogP contribution in [0.4, 0.5) is 4.79 Å². The van der Waals surface area contributed by atoms with Crippen molar-refractivity contribution in [1.29, 1.82) is 0 Å². The van der Waals surface area contributed by atoms with Gasteiger partial charge >= 0.3 is 6.03 Å². The Labute approximate surface area is 162 Å². The lowest BCUT2D eigenvalue weighted by atomic mass is 10.1. The van der Waals surface area contributed by atoms with E-state index in [2.05, 4.69) is 15.9 Å². The first-order valence-corrected chi connectivity index (χ1v) is 8.64. The van der Waals surface area contributed by atoms with Gasteiger partial charge in [0.05, 0.1) is 4.47 Å². The van der Waals surface area contributed by atoms with Crippen molar-refractivity contribution < 1.29 is 19.1 Å². The normalized spacial score (nSPS) is 13.9. The van der Waals surface area contributed by atoms with E-state index in [0.717, 1.165) is 5.56 Å². The van der Waals surface area contributed by atoms with Crippen molar-refractivity contribution in [2.45, 2.75) is 6.61 Å². The SMILES string of the molecule is O=C1NC(=O)C(=Cc2ccc(OCc3cccc(Cl)c3)c(Br)c2)C(=O)N1. The smallest absolute Gasteiger partial charge is 0.328 e. The molecule has 0 bridgehead atoms. The maximum atomic E-state index is 11.7. The van der Waals surface area contributed by atoms with E-state index in [4.69, 9.17) is 16.3 Å². The minimum absolute atomic E-state index is 0.149. The van der Waals surface area contributed by atoms with Crippen LogP contribution in [0.15, 0.2) is 52.5 Å². The summed E-state index contributed by atoms with van der Waals surface area (Å²) in [7, 11) is 0. The van der Waals surface area contributed by atoms with Gasteiger partial charge in [-0.15, -0.1) is 0 Å². The van der Waals surface area contributed by atoms with Gasteiger partial charge in [-0.3, -0.25) is 20.2 Å². The number of imide groups is 2. The molecule has 4 amide bonds. The molecule has 0 aromatic heterocycles. The van der Waals surface area contributed by atoms with E-state index in [1.807, 2.05) is 28.8 Å². The molecule has 0 spiro atoms. The Morgan fingerprint density at radius 2 is 1.77 bits per heavy atom. The molecule has 3 rings (SSSR count). The molecule has 8 heteroatoms. The first-order chi connectivity index (χ1) is 12.4. The van der Waals surface area contributed by atoms with Crippen LogP contribution in [0.3, 0.4) is 0 Å². The molecule has 26 heavy (non-hydrogen) atoms. The fraction of sp³-hybridized carbons (Fsp3) is 0.0556. The van der Waals surface area contributed by atoms with Crippen LogP contribution < -0.4 is 15.4 Å². The van der Waals surface area contributed by atoms with Crippen molar-refractivity contribution in [3.05, 3.63) is 68.7 Å². The Morgan fingerprint density at radius 3 is 2.42 bits per heavy atom. The van der Waals surface area contributed by atoms with Gasteiger partial charge in [-0.25, -0.2) is 4.79 Å². The third-order valence-electron chi connectivity index (χ3n) is 3.49. The first kappa shape index (κ1) is 18.2. The number of barbiturate groups is 1. The predicted molar refractivity (Wildman–Crippen MR) is 99.6 cm³/mol. The van der Waals surface area contributed by atoms with Gasteiger partial charge in [0, 0.05) is 5.02 Å². The Morgan fingerprint density at radius 1 is 1.04 bits per heavy atom. The summed E-state index contributed by atoms with van der Waals surface area (Å²) in [5.74, 6) is -0.882. The van der Waals surface area contributed by atoms with E-state index in [9.17, 15) is 14.4 Å². The van der Waals surface area contributed by atoms with Gasteiger partial charge in [-0.2, -0.15) is 0 Å². The Hall–Kier alpha value is -2.64. The number of carbonyl (C=O) groups is 3. The molecule has 0 saturated carbocycles. The fourth-order valence-corrected chi connectivity index (χ4v) is 3.01. The van der Waals surface area contributed by atoms with Crippen molar-refractivity contribution in [2.24, 2.45) is 0 Å². The molecule has 1 heterocycles. The number of benzene rings is 2. The molecular weight excluding hydrogens is 424 g/mol. The Balaban J connectivity index is 1.75. The molecule has 1 fully saturated rings. The maximum Gasteiger partial charge on any atom is 0.328 e. The first-order valence-electron chi connectivity index (χ1n) is 7.47. The number of rotatable bonds is 4. The monoisotopic (exact) mass is 434 g/mol. The van der Waals surface area contributed by atoms with Crippen molar-refractivity contribution in [3.63, 3.8) is 0 Å². The van der Waals surface area contributed by atoms with Crippen molar-refractivity contribution in [1.82, 2.24) is 10.6 Å². The Kier molecular flexibility index (Phi) is 5.39. The van der Waals surface area contributed by atoms with E-state index in [0.29, 0.717) is 27.4 Å². The largest absolute Gasteiger partial charge is 0.488 e. The zero-order valence-corrected chi connectivity index (χ0v) is 15.6. The second kappa shape index (κ2) is 7.72. The average Bonchev–Trinajstić information content (AvgIpc) is 2.57. The zero-order chi connectivity index (χ0) is 18.7. The van der Waals surface area contributed by atoms with Gasteiger partial charge in [-0.05, 0) is 57.4 Å². The topological polar surface area (TPSA) is 84.5 Å². The third kappa shape index (κ3) is 4.30. The van der Waals surface area contributed by atoms with E-state index in [1.54, 1.807) is 24.3 Å². The molecule has 2 aromatic rings. The lowest BCUT2D eigenvalue weighted by Crippen LogP contribution is -2.51. The summed E-state index contributed by atoms with van der Waals surface area (Å²) >= 11 is 9.35. The summed E-state index contributed by atoms with van der Waals surface area (Å²) in [5.41, 5.74) is 1.38. The van der Waals surface area contributed by atoms with Crippen molar-refractivity contribution in [3.8, 4) is 5.75 Å². The van der Waals surface area contributed by atoms with Crippen LogP contribution >= 0.6 is 27.5 Å². The van der Waals surface area contributed by atoms with Crippen LogP contribution in [0.1, 0.15) is 11.1 Å². The lowest BCUT2D eigenvalue weighted by molar-refractivity contribution is -0.123.